The second-order valence-corrected chi connectivity index (χ2v) is 5.48. The molecule has 0 unspecified atom stereocenters. The second kappa shape index (κ2) is 4.39. The molecule has 1 aromatic heterocycles. The first kappa shape index (κ1) is 11.2. The van der Waals surface area contributed by atoms with Crippen molar-refractivity contribution < 1.29 is 0 Å². The van der Waals surface area contributed by atoms with Gasteiger partial charge in [0.25, 0.3) is 0 Å². The molecule has 17 heavy (non-hydrogen) atoms. The average Bonchev–Trinajstić information content (AvgIpc) is 3.11. The highest BCUT2D eigenvalue weighted by Gasteiger charge is 2.21. The van der Waals surface area contributed by atoms with Gasteiger partial charge in [-0.1, -0.05) is 0 Å². The Bertz CT molecular complexity index is 424. The SMILES string of the molecule is Cc1nc2c(cc1CNC1CC1)CN(C)CC2. The molecule has 2 heterocycles. The maximum Gasteiger partial charge on any atom is 0.0464 e. The quantitative estimate of drug-likeness (QED) is 0.857. The van der Waals surface area contributed by atoms with Crippen LogP contribution in [-0.4, -0.2) is 29.5 Å². The van der Waals surface area contributed by atoms with Gasteiger partial charge in [-0.25, -0.2) is 0 Å². The molecule has 2 aliphatic rings. The lowest BCUT2D eigenvalue weighted by Crippen LogP contribution is -2.28. The van der Waals surface area contributed by atoms with E-state index < -0.39 is 0 Å². The molecule has 1 fully saturated rings. The predicted molar refractivity (Wildman–Crippen MR) is 68.9 cm³/mol. The molecule has 3 rings (SSSR count). The number of hydrogen-bond acceptors (Lipinski definition) is 3. The number of pyridine rings is 1. The van der Waals surface area contributed by atoms with Gasteiger partial charge in [-0.05, 0) is 44.0 Å². The third-order valence-electron chi connectivity index (χ3n) is 3.82. The van der Waals surface area contributed by atoms with Crippen molar-refractivity contribution >= 4 is 0 Å². The first-order chi connectivity index (χ1) is 8.22. The zero-order valence-electron chi connectivity index (χ0n) is 10.8. The molecular weight excluding hydrogens is 210 g/mol. The number of aromatic nitrogens is 1. The fourth-order valence-corrected chi connectivity index (χ4v) is 2.48. The summed E-state index contributed by atoms with van der Waals surface area (Å²) in [6, 6.07) is 3.14. The molecule has 0 saturated heterocycles. The summed E-state index contributed by atoms with van der Waals surface area (Å²) in [6.07, 6.45) is 3.79. The molecule has 0 aromatic carbocycles. The third-order valence-corrected chi connectivity index (χ3v) is 3.82. The van der Waals surface area contributed by atoms with E-state index in [4.69, 9.17) is 4.98 Å². The Morgan fingerprint density at radius 1 is 1.47 bits per heavy atom. The number of likely N-dealkylation sites (N-methyl/N-ethyl adjacent to an activating group) is 1. The van der Waals surface area contributed by atoms with E-state index in [1.165, 1.54) is 35.4 Å². The Morgan fingerprint density at radius 2 is 2.29 bits per heavy atom. The van der Waals surface area contributed by atoms with E-state index in [0.717, 1.165) is 32.1 Å². The first-order valence-electron chi connectivity index (χ1n) is 6.62. The lowest BCUT2D eigenvalue weighted by Gasteiger charge is -2.25. The van der Waals surface area contributed by atoms with Gasteiger partial charge in [-0.3, -0.25) is 4.98 Å². The van der Waals surface area contributed by atoms with Gasteiger partial charge in [0.05, 0.1) is 0 Å². The largest absolute Gasteiger partial charge is 0.310 e. The van der Waals surface area contributed by atoms with E-state index in [0.29, 0.717) is 0 Å². The van der Waals surface area contributed by atoms with Crippen LogP contribution in [0.25, 0.3) is 0 Å². The summed E-state index contributed by atoms with van der Waals surface area (Å²) in [7, 11) is 2.19. The van der Waals surface area contributed by atoms with Crippen LogP contribution in [0.1, 0.15) is 35.4 Å². The van der Waals surface area contributed by atoms with Crippen LogP contribution in [0.3, 0.4) is 0 Å². The fraction of sp³-hybridized carbons (Fsp3) is 0.643. The van der Waals surface area contributed by atoms with Gasteiger partial charge in [0.1, 0.15) is 0 Å². The van der Waals surface area contributed by atoms with Gasteiger partial charge in [0, 0.05) is 43.5 Å². The average molecular weight is 231 g/mol. The number of hydrogen-bond donors (Lipinski definition) is 1. The summed E-state index contributed by atoms with van der Waals surface area (Å²) in [5, 5.41) is 3.58. The molecule has 0 spiro atoms. The van der Waals surface area contributed by atoms with Crippen LogP contribution in [0.15, 0.2) is 6.07 Å². The predicted octanol–water partition coefficient (Wildman–Crippen LogP) is 1.63. The van der Waals surface area contributed by atoms with Crippen molar-refractivity contribution in [1.82, 2.24) is 15.2 Å². The van der Waals surface area contributed by atoms with E-state index >= 15 is 0 Å². The van der Waals surface area contributed by atoms with E-state index in [1.807, 2.05) is 0 Å². The summed E-state index contributed by atoms with van der Waals surface area (Å²) in [6.45, 7) is 5.32. The number of nitrogens with zero attached hydrogens (tertiary/aromatic N) is 2. The van der Waals surface area contributed by atoms with Gasteiger partial charge in [-0.15, -0.1) is 0 Å². The Balaban J connectivity index is 1.80. The van der Waals surface area contributed by atoms with Crippen molar-refractivity contribution in [3.63, 3.8) is 0 Å². The zero-order chi connectivity index (χ0) is 11.8. The van der Waals surface area contributed by atoms with E-state index in [-0.39, 0.29) is 0 Å². The number of fused-ring (bicyclic) bond motifs is 1. The van der Waals surface area contributed by atoms with Crippen molar-refractivity contribution in [2.75, 3.05) is 13.6 Å². The molecule has 0 atom stereocenters. The van der Waals surface area contributed by atoms with Crippen molar-refractivity contribution in [3.05, 3.63) is 28.6 Å². The van der Waals surface area contributed by atoms with Crippen LogP contribution in [0.2, 0.25) is 0 Å². The summed E-state index contributed by atoms with van der Waals surface area (Å²) in [5.41, 5.74) is 5.33. The van der Waals surface area contributed by atoms with Gasteiger partial charge < -0.3 is 10.2 Å². The lowest BCUT2D eigenvalue weighted by atomic mass is 10.0. The molecule has 3 nitrogen and oxygen atoms in total. The van der Waals surface area contributed by atoms with E-state index in [1.54, 1.807) is 0 Å². The highest BCUT2D eigenvalue weighted by molar-refractivity contribution is 5.31. The van der Waals surface area contributed by atoms with Crippen molar-refractivity contribution in [2.24, 2.45) is 0 Å². The minimum atomic E-state index is 0.771. The fourth-order valence-electron chi connectivity index (χ4n) is 2.48. The molecular formula is C14H21N3. The minimum absolute atomic E-state index is 0.771. The molecule has 1 aliphatic heterocycles. The molecule has 92 valence electrons. The number of aryl methyl sites for hydroxylation is 1. The highest BCUT2D eigenvalue weighted by atomic mass is 15.1. The maximum absolute atomic E-state index is 4.78. The molecule has 1 N–H and O–H groups in total. The number of nitrogens with one attached hydrogen (secondary N) is 1. The topological polar surface area (TPSA) is 28.2 Å². The molecule has 0 bridgehead atoms. The monoisotopic (exact) mass is 231 g/mol. The summed E-state index contributed by atoms with van der Waals surface area (Å²) >= 11 is 0. The first-order valence-corrected chi connectivity index (χ1v) is 6.62. The Hall–Kier alpha value is -0.930. The summed E-state index contributed by atoms with van der Waals surface area (Å²) in [5.74, 6) is 0. The molecule has 1 saturated carbocycles. The highest BCUT2D eigenvalue weighted by Crippen LogP contribution is 2.22. The minimum Gasteiger partial charge on any atom is -0.310 e. The van der Waals surface area contributed by atoms with Crippen LogP contribution in [0.5, 0.6) is 0 Å². The standard InChI is InChI=1S/C14H21N3/c1-10-11(8-15-13-3-4-13)7-12-9-17(2)6-5-14(12)16-10/h7,13,15H,3-6,8-9H2,1-2H3. The van der Waals surface area contributed by atoms with E-state index in [9.17, 15) is 0 Å². The van der Waals surface area contributed by atoms with Gasteiger partial charge in [-0.2, -0.15) is 0 Å². The Labute approximate surface area is 103 Å². The van der Waals surface area contributed by atoms with Crippen LogP contribution >= 0.6 is 0 Å². The molecule has 1 aliphatic carbocycles. The zero-order valence-corrected chi connectivity index (χ0v) is 10.8. The Kier molecular flexibility index (Phi) is 2.89. The summed E-state index contributed by atoms with van der Waals surface area (Å²) < 4.78 is 0. The molecule has 0 amide bonds. The van der Waals surface area contributed by atoms with Crippen LogP contribution in [0, 0.1) is 6.92 Å². The van der Waals surface area contributed by atoms with Crippen LogP contribution < -0.4 is 5.32 Å². The van der Waals surface area contributed by atoms with Crippen LogP contribution in [0.4, 0.5) is 0 Å². The third kappa shape index (κ3) is 2.50. The normalized spacial score (nSPS) is 20.4. The van der Waals surface area contributed by atoms with Gasteiger partial charge in [0.2, 0.25) is 0 Å². The van der Waals surface area contributed by atoms with E-state index in [2.05, 4.69) is 30.3 Å². The van der Waals surface area contributed by atoms with Crippen molar-refractivity contribution in [2.45, 2.75) is 45.3 Å². The van der Waals surface area contributed by atoms with Crippen molar-refractivity contribution in [1.29, 1.82) is 0 Å². The van der Waals surface area contributed by atoms with Gasteiger partial charge in [0.15, 0.2) is 0 Å². The van der Waals surface area contributed by atoms with Crippen LogP contribution in [-0.2, 0) is 19.5 Å². The van der Waals surface area contributed by atoms with Gasteiger partial charge >= 0.3 is 0 Å². The summed E-state index contributed by atoms with van der Waals surface area (Å²) in [4.78, 5) is 7.15. The van der Waals surface area contributed by atoms with Crippen molar-refractivity contribution in [3.8, 4) is 0 Å². The molecule has 3 heteroatoms. The number of rotatable bonds is 3. The smallest absolute Gasteiger partial charge is 0.0464 e. The maximum atomic E-state index is 4.78. The molecule has 1 aromatic rings. The lowest BCUT2D eigenvalue weighted by molar-refractivity contribution is 0.309. The molecule has 0 radical (unpaired) electrons. The second-order valence-electron chi connectivity index (χ2n) is 5.48. The Morgan fingerprint density at radius 3 is 3.06 bits per heavy atom.